The number of nitrogens with zero attached hydrogens (tertiary/aromatic N) is 1. The molecule has 0 heterocycles. The third-order valence-corrected chi connectivity index (χ3v) is 3.02. The summed E-state index contributed by atoms with van der Waals surface area (Å²) in [5.41, 5.74) is 1.53. The topological polar surface area (TPSA) is 33.0 Å². The fraction of sp³-hybridized carbons (Fsp3) is 0.0714. The van der Waals surface area contributed by atoms with Gasteiger partial charge in [0.25, 0.3) is 0 Å². The van der Waals surface area contributed by atoms with E-state index in [1.54, 1.807) is 24.3 Å². The van der Waals surface area contributed by atoms with Crippen LogP contribution in [0.2, 0.25) is 0 Å². The fourth-order valence-electron chi connectivity index (χ4n) is 1.41. The predicted octanol–water partition coefficient (Wildman–Crippen LogP) is 4.04. The number of nitriles is 1. The Bertz CT molecular complexity index is 590. The molecule has 2 aromatic carbocycles. The normalized spacial score (nSPS) is 9.83. The molecule has 0 bridgehead atoms. The molecule has 2 aromatic rings. The average molecular weight is 306 g/mol. The Kier molecular flexibility index (Phi) is 3.96. The summed E-state index contributed by atoms with van der Waals surface area (Å²) >= 11 is 3.08. The molecule has 0 saturated heterocycles. The standard InChI is InChI=1S/C14H9BrFNO/c15-13-6-5-12(7-14(13)16)18-9-11-3-1-10(8-17)2-4-11/h1-7H,9H2. The molecule has 0 aliphatic carbocycles. The summed E-state index contributed by atoms with van der Waals surface area (Å²) in [6, 6.07) is 13.7. The zero-order valence-corrected chi connectivity index (χ0v) is 10.9. The maximum Gasteiger partial charge on any atom is 0.141 e. The van der Waals surface area contributed by atoms with E-state index < -0.39 is 0 Å². The van der Waals surface area contributed by atoms with E-state index in [-0.39, 0.29) is 5.82 Å². The summed E-state index contributed by atoms with van der Waals surface area (Å²) in [6.07, 6.45) is 0. The van der Waals surface area contributed by atoms with Gasteiger partial charge in [0.2, 0.25) is 0 Å². The zero-order valence-electron chi connectivity index (χ0n) is 9.36. The molecule has 0 amide bonds. The minimum absolute atomic E-state index is 0.340. The van der Waals surface area contributed by atoms with Crippen LogP contribution < -0.4 is 4.74 Å². The van der Waals surface area contributed by atoms with Crippen LogP contribution in [0.15, 0.2) is 46.9 Å². The van der Waals surface area contributed by atoms with E-state index in [2.05, 4.69) is 15.9 Å². The average Bonchev–Trinajstić information content (AvgIpc) is 2.41. The first kappa shape index (κ1) is 12.6. The molecule has 0 aliphatic heterocycles. The van der Waals surface area contributed by atoms with Crippen molar-refractivity contribution in [3.8, 4) is 11.8 Å². The van der Waals surface area contributed by atoms with Crippen LogP contribution in [0.3, 0.4) is 0 Å². The van der Waals surface area contributed by atoms with Gasteiger partial charge in [-0.15, -0.1) is 0 Å². The zero-order chi connectivity index (χ0) is 13.0. The predicted molar refractivity (Wildman–Crippen MR) is 69.6 cm³/mol. The Balaban J connectivity index is 2.02. The van der Waals surface area contributed by atoms with Crippen molar-refractivity contribution in [2.45, 2.75) is 6.61 Å². The summed E-state index contributed by atoms with van der Waals surface area (Å²) < 4.78 is 19.1. The van der Waals surface area contributed by atoms with Gasteiger partial charge >= 0.3 is 0 Å². The lowest BCUT2D eigenvalue weighted by molar-refractivity contribution is 0.304. The van der Waals surface area contributed by atoms with Crippen LogP contribution in [0, 0.1) is 17.1 Å². The highest BCUT2D eigenvalue weighted by Gasteiger charge is 2.02. The van der Waals surface area contributed by atoms with Gasteiger partial charge in [0.1, 0.15) is 18.2 Å². The van der Waals surface area contributed by atoms with Gasteiger partial charge in [0.15, 0.2) is 0 Å². The molecule has 0 aromatic heterocycles. The largest absolute Gasteiger partial charge is 0.489 e. The maximum absolute atomic E-state index is 13.2. The molecule has 0 spiro atoms. The van der Waals surface area contributed by atoms with E-state index in [0.717, 1.165) is 5.56 Å². The molecule has 0 unspecified atom stereocenters. The molecule has 2 rings (SSSR count). The third-order valence-electron chi connectivity index (χ3n) is 2.38. The van der Waals surface area contributed by atoms with Crippen LogP contribution in [0.4, 0.5) is 4.39 Å². The van der Waals surface area contributed by atoms with Gasteiger partial charge in [-0.3, -0.25) is 0 Å². The lowest BCUT2D eigenvalue weighted by atomic mass is 10.2. The van der Waals surface area contributed by atoms with E-state index in [1.165, 1.54) is 6.07 Å². The highest BCUT2D eigenvalue weighted by atomic mass is 79.9. The molecular formula is C14H9BrFNO. The molecule has 0 N–H and O–H groups in total. The third kappa shape index (κ3) is 3.08. The molecule has 2 nitrogen and oxygen atoms in total. The van der Waals surface area contributed by atoms with Crippen LogP contribution in [0.25, 0.3) is 0 Å². The molecule has 90 valence electrons. The SMILES string of the molecule is N#Cc1ccc(COc2ccc(Br)c(F)c2)cc1. The van der Waals surface area contributed by atoms with Crippen molar-refractivity contribution in [2.75, 3.05) is 0 Å². The van der Waals surface area contributed by atoms with E-state index in [9.17, 15) is 4.39 Å². The van der Waals surface area contributed by atoms with E-state index in [0.29, 0.717) is 22.4 Å². The van der Waals surface area contributed by atoms with Crippen LogP contribution in [-0.2, 0) is 6.61 Å². The smallest absolute Gasteiger partial charge is 0.141 e. The van der Waals surface area contributed by atoms with Gasteiger partial charge in [0.05, 0.1) is 16.1 Å². The summed E-state index contributed by atoms with van der Waals surface area (Å²) in [6.45, 7) is 0.340. The summed E-state index contributed by atoms with van der Waals surface area (Å²) in [7, 11) is 0. The van der Waals surface area contributed by atoms with Crippen LogP contribution in [0.5, 0.6) is 5.75 Å². The molecule has 18 heavy (non-hydrogen) atoms. The number of hydrogen-bond acceptors (Lipinski definition) is 2. The second-order valence-electron chi connectivity index (χ2n) is 3.67. The molecule has 0 atom stereocenters. The Morgan fingerprint density at radius 2 is 1.89 bits per heavy atom. The molecule has 4 heteroatoms. The van der Waals surface area contributed by atoms with E-state index in [4.69, 9.17) is 10.00 Å². The Labute approximate surface area is 113 Å². The highest BCUT2D eigenvalue weighted by molar-refractivity contribution is 9.10. The first-order valence-corrected chi connectivity index (χ1v) is 6.05. The summed E-state index contributed by atoms with van der Waals surface area (Å²) in [5.74, 6) is 0.118. The quantitative estimate of drug-likeness (QED) is 0.857. The van der Waals surface area contributed by atoms with Crippen molar-refractivity contribution in [3.63, 3.8) is 0 Å². The van der Waals surface area contributed by atoms with Gasteiger partial charge in [-0.25, -0.2) is 4.39 Å². The summed E-state index contributed by atoms with van der Waals surface area (Å²) in [5, 5.41) is 8.67. The van der Waals surface area contributed by atoms with Gasteiger partial charge in [-0.2, -0.15) is 5.26 Å². The highest BCUT2D eigenvalue weighted by Crippen LogP contribution is 2.21. The van der Waals surface area contributed by atoms with E-state index >= 15 is 0 Å². The van der Waals surface area contributed by atoms with Crippen molar-refractivity contribution < 1.29 is 9.13 Å². The molecule has 0 aliphatic rings. The molecule has 0 radical (unpaired) electrons. The van der Waals surface area contributed by atoms with Crippen LogP contribution >= 0.6 is 15.9 Å². The first-order valence-electron chi connectivity index (χ1n) is 5.26. The Morgan fingerprint density at radius 1 is 1.17 bits per heavy atom. The van der Waals surface area contributed by atoms with Crippen LogP contribution in [-0.4, -0.2) is 0 Å². The number of hydrogen-bond donors (Lipinski definition) is 0. The molecule has 0 saturated carbocycles. The number of halogens is 2. The van der Waals surface area contributed by atoms with Crippen molar-refractivity contribution in [2.24, 2.45) is 0 Å². The second-order valence-corrected chi connectivity index (χ2v) is 4.53. The van der Waals surface area contributed by atoms with Crippen molar-refractivity contribution >= 4 is 15.9 Å². The lowest BCUT2D eigenvalue weighted by Crippen LogP contribution is -1.95. The van der Waals surface area contributed by atoms with Crippen LogP contribution in [0.1, 0.15) is 11.1 Å². The maximum atomic E-state index is 13.2. The van der Waals surface area contributed by atoms with E-state index in [1.807, 2.05) is 18.2 Å². The molecular weight excluding hydrogens is 297 g/mol. The minimum atomic E-state index is -0.354. The lowest BCUT2D eigenvalue weighted by Gasteiger charge is -2.06. The van der Waals surface area contributed by atoms with Gasteiger partial charge < -0.3 is 4.74 Å². The number of ether oxygens (including phenoxy) is 1. The minimum Gasteiger partial charge on any atom is -0.489 e. The Hall–Kier alpha value is -1.86. The van der Waals surface area contributed by atoms with Gasteiger partial charge in [0, 0.05) is 6.07 Å². The van der Waals surface area contributed by atoms with Gasteiger partial charge in [-0.1, -0.05) is 12.1 Å². The number of rotatable bonds is 3. The van der Waals surface area contributed by atoms with Gasteiger partial charge in [-0.05, 0) is 45.8 Å². The van der Waals surface area contributed by atoms with Crippen molar-refractivity contribution in [3.05, 3.63) is 63.9 Å². The monoisotopic (exact) mass is 305 g/mol. The molecule has 0 fully saturated rings. The Morgan fingerprint density at radius 3 is 2.50 bits per heavy atom. The fourth-order valence-corrected chi connectivity index (χ4v) is 1.66. The first-order chi connectivity index (χ1) is 8.69. The summed E-state index contributed by atoms with van der Waals surface area (Å²) in [4.78, 5) is 0. The van der Waals surface area contributed by atoms with Crippen molar-refractivity contribution in [1.29, 1.82) is 5.26 Å². The van der Waals surface area contributed by atoms with Crippen molar-refractivity contribution in [1.82, 2.24) is 0 Å². The number of benzene rings is 2. The second kappa shape index (κ2) is 5.65.